The Morgan fingerprint density at radius 2 is 2.14 bits per heavy atom. The topological polar surface area (TPSA) is 61.6 Å². The molecule has 0 saturated carbocycles. The molecule has 0 radical (unpaired) electrons. The van der Waals surface area contributed by atoms with Crippen LogP contribution in [0.25, 0.3) is 11.5 Å². The summed E-state index contributed by atoms with van der Waals surface area (Å²) in [5.74, 6) is 0.688. The van der Waals surface area contributed by atoms with E-state index in [9.17, 15) is 4.79 Å². The van der Waals surface area contributed by atoms with E-state index in [2.05, 4.69) is 20.9 Å². The van der Waals surface area contributed by atoms with Gasteiger partial charge < -0.3 is 13.9 Å². The lowest BCUT2D eigenvalue weighted by Crippen LogP contribution is -2.03. The third-order valence-electron chi connectivity index (χ3n) is 2.96. The summed E-state index contributed by atoms with van der Waals surface area (Å²) in [5.41, 5.74) is 1.33. The van der Waals surface area contributed by atoms with Crippen LogP contribution in [0, 0.1) is 0 Å². The van der Waals surface area contributed by atoms with Crippen molar-refractivity contribution >= 4 is 21.9 Å². The van der Waals surface area contributed by atoms with Crippen LogP contribution in [0.5, 0.6) is 5.75 Å². The van der Waals surface area contributed by atoms with Gasteiger partial charge in [-0.05, 0) is 40.5 Å². The number of halogens is 1. The normalized spacial score (nSPS) is 10.5. The quantitative estimate of drug-likeness (QED) is 0.764. The summed E-state index contributed by atoms with van der Waals surface area (Å²) < 4.78 is 16.4. The molecule has 0 bridgehead atoms. The molecule has 0 aliphatic heterocycles. The molecule has 6 heteroatoms. The molecule has 1 aromatic carbocycles. The smallest absolute Gasteiger partial charge is 0.376 e. The predicted octanol–water partition coefficient (Wildman–Crippen LogP) is 3.85. The van der Waals surface area contributed by atoms with Crippen LogP contribution in [0.3, 0.4) is 0 Å². The minimum atomic E-state index is -0.517. The SMILES string of the molecule is CCCc1nc(-c2cc(OC)ccc2Br)oc1C(=O)OC. The summed E-state index contributed by atoms with van der Waals surface area (Å²) in [7, 11) is 2.91. The molecule has 0 aliphatic carbocycles. The third-order valence-corrected chi connectivity index (χ3v) is 3.65. The van der Waals surface area contributed by atoms with Crippen molar-refractivity contribution in [3.05, 3.63) is 34.1 Å². The van der Waals surface area contributed by atoms with Gasteiger partial charge in [0.05, 0.1) is 25.5 Å². The number of aromatic nitrogens is 1. The second-order valence-corrected chi connectivity index (χ2v) is 5.24. The summed E-state index contributed by atoms with van der Waals surface area (Å²) in [6.07, 6.45) is 1.50. The molecule has 1 heterocycles. The number of hydrogen-bond acceptors (Lipinski definition) is 5. The van der Waals surface area contributed by atoms with E-state index in [4.69, 9.17) is 13.9 Å². The molecule has 21 heavy (non-hydrogen) atoms. The van der Waals surface area contributed by atoms with Crippen LogP contribution in [-0.4, -0.2) is 25.2 Å². The van der Waals surface area contributed by atoms with Gasteiger partial charge in [0.25, 0.3) is 0 Å². The van der Waals surface area contributed by atoms with Gasteiger partial charge in [-0.1, -0.05) is 13.3 Å². The Morgan fingerprint density at radius 1 is 1.38 bits per heavy atom. The zero-order valence-electron chi connectivity index (χ0n) is 12.1. The summed E-state index contributed by atoms with van der Waals surface area (Å²) >= 11 is 3.45. The number of nitrogens with zero attached hydrogens (tertiary/aromatic N) is 1. The maximum Gasteiger partial charge on any atom is 0.376 e. The number of oxazole rings is 1. The van der Waals surface area contributed by atoms with E-state index in [-0.39, 0.29) is 5.76 Å². The van der Waals surface area contributed by atoms with Gasteiger partial charge in [0.1, 0.15) is 5.75 Å². The number of esters is 1. The first-order valence-electron chi connectivity index (χ1n) is 6.52. The molecule has 1 aromatic heterocycles. The molecular weight excluding hydrogens is 338 g/mol. The Hall–Kier alpha value is -1.82. The first kappa shape index (κ1) is 15.6. The van der Waals surface area contributed by atoms with Crippen molar-refractivity contribution in [1.82, 2.24) is 4.98 Å². The van der Waals surface area contributed by atoms with Crippen LogP contribution in [0.1, 0.15) is 29.6 Å². The minimum Gasteiger partial charge on any atom is -0.497 e. The van der Waals surface area contributed by atoms with Crippen molar-refractivity contribution in [3.63, 3.8) is 0 Å². The molecule has 0 saturated heterocycles. The lowest BCUT2D eigenvalue weighted by atomic mass is 10.2. The highest BCUT2D eigenvalue weighted by atomic mass is 79.9. The molecule has 0 aliphatic rings. The fraction of sp³-hybridized carbons (Fsp3) is 0.333. The average Bonchev–Trinajstić information content (AvgIpc) is 2.91. The molecule has 5 nitrogen and oxygen atoms in total. The van der Waals surface area contributed by atoms with E-state index in [1.807, 2.05) is 19.1 Å². The average molecular weight is 354 g/mol. The van der Waals surface area contributed by atoms with E-state index in [1.165, 1.54) is 7.11 Å². The van der Waals surface area contributed by atoms with Gasteiger partial charge in [0.2, 0.25) is 11.7 Å². The third kappa shape index (κ3) is 3.26. The number of ether oxygens (including phenoxy) is 2. The Labute approximate surface area is 131 Å². The molecule has 0 unspecified atom stereocenters. The Bertz CT molecular complexity index is 651. The van der Waals surface area contributed by atoms with Crippen LogP contribution < -0.4 is 4.74 Å². The number of aryl methyl sites for hydroxylation is 1. The zero-order valence-corrected chi connectivity index (χ0v) is 13.7. The number of carbonyl (C=O) groups excluding carboxylic acids is 1. The maximum absolute atomic E-state index is 11.8. The summed E-state index contributed by atoms with van der Waals surface area (Å²) in [6, 6.07) is 5.47. The molecule has 0 amide bonds. The van der Waals surface area contributed by atoms with Crippen LogP contribution in [-0.2, 0) is 11.2 Å². The molecular formula is C15H16BrNO4. The largest absolute Gasteiger partial charge is 0.497 e. The van der Waals surface area contributed by atoms with Crippen molar-refractivity contribution in [1.29, 1.82) is 0 Å². The lowest BCUT2D eigenvalue weighted by molar-refractivity contribution is 0.0564. The molecule has 2 aromatic rings. The standard InChI is InChI=1S/C15H16BrNO4/c1-4-5-12-13(15(18)20-3)21-14(17-12)10-8-9(19-2)6-7-11(10)16/h6-8H,4-5H2,1-3H3. The first-order valence-corrected chi connectivity index (χ1v) is 7.32. The van der Waals surface area contributed by atoms with E-state index in [0.29, 0.717) is 23.8 Å². The summed E-state index contributed by atoms with van der Waals surface area (Å²) in [4.78, 5) is 16.2. The molecule has 2 rings (SSSR count). The molecule has 112 valence electrons. The number of benzene rings is 1. The number of carbonyl (C=O) groups is 1. The van der Waals surface area contributed by atoms with Gasteiger partial charge in [0, 0.05) is 4.47 Å². The van der Waals surface area contributed by atoms with Crippen molar-refractivity contribution < 1.29 is 18.7 Å². The highest BCUT2D eigenvalue weighted by molar-refractivity contribution is 9.10. The van der Waals surface area contributed by atoms with E-state index in [0.717, 1.165) is 16.5 Å². The molecule has 0 spiro atoms. The van der Waals surface area contributed by atoms with Gasteiger partial charge in [0.15, 0.2) is 0 Å². The second kappa shape index (κ2) is 6.76. The van der Waals surface area contributed by atoms with Crippen LogP contribution in [0.4, 0.5) is 0 Å². The summed E-state index contributed by atoms with van der Waals surface area (Å²) in [5, 5.41) is 0. The van der Waals surface area contributed by atoms with Crippen molar-refractivity contribution in [3.8, 4) is 17.2 Å². The highest BCUT2D eigenvalue weighted by Crippen LogP contribution is 2.32. The number of methoxy groups -OCH3 is 2. The van der Waals surface area contributed by atoms with E-state index in [1.54, 1.807) is 13.2 Å². The number of hydrogen-bond donors (Lipinski definition) is 0. The van der Waals surface area contributed by atoms with Gasteiger partial charge in [-0.25, -0.2) is 9.78 Å². The first-order chi connectivity index (χ1) is 10.1. The Balaban J connectivity index is 2.51. The zero-order chi connectivity index (χ0) is 15.4. The fourth-order valence-corrected chi connectivity index (χ4v) is 2.34. The Morgan fingerprint density at radius 3 is 2.76 bits per heavy atom. The number of rotatable bonds is 5. The fourth-order valence-electron chi connectivity index (χ4n) is 1.92. The molecule has 0 N–H and O–H groups in total. The van der Waals surface area contributed by atoms with Gasteiger partial charge >= 0.3 is 5.97 Å². The van der Waals surface area contributed by atoms with E-state index >= 15 is 0 Å². The lowest BCUT2D eigenvalue weighted by Gasteiger charge is -2.03. The molecule has 0 fully saturated rings. The van der Waals surface area contributed by atoms with Crippen molar-refractivity contribution in [2.75, 3.05) is 14.2 Å². The van der Waals surface area contributed by atoms with Crippen LogP contribution in [0.15, 0.2) is 27.1 Å². The van der Waals surface area contributed by atoms with Gasteiger partial charge in [-0.15, -0.1) is 0 Å². The van der Waals surface area contributed by atoms with E-state index < -0.39 is 5.97 Å². The molecule has 0 atom stereocenters. The summed E-state index contributed by atoms with van der Waals surface area (Å²) in [6.45, 7) is 2.01. The minimum absolute atomic E-state index is 0.157. The Kier molecular flexibility index (Phi) is 5.01. The van der Waals surface area contributed by atoms with Crippen molar-refractivity contribution in [2.24, 2.45) is 0 Å². The highest BCUT2D eigenvalue weighted by Gasteiger charge is 2.22. The van der Waals surface area contributed by atoms with Gasteiger partial charge in [-0.3, -0.25) is 0 Å². The maximum atomic E-state index is 11.8. The predicted molar refractivity (Wildman–Crippen MR) is 81.5 cm³/mol. The van der Waals surface area contributed by atoms with Gasteiger partial charge in [-0.2, -0.15) is 0 Å². The van der Waals surface area contributed by atoms with Crippen LogP contribution in [0.2, 0.25) is 0 Å². The van der Waals surface area contributed by atoms with Crippen LogP contribution >= 0.6 is 15.9 Å². The van der Waals surface area contributed by atoms with Crippen molar-refractivity contribution in [2.45, 2.75) is 19.8 Å². The second-order valence-electron chi connectivity index (χ2n) is 4.38. The monoisotopic (exact) mass is 353 g/mol.